The minimum atomic E-state index is -0.560. The first kappa shape index (κ1) is 18.0. The van der Waals surface area contributed by atoms with Crippen molar-refractivity contribution in [1.82, 2.24) is 5.27 Å². The van der Waals surface area contributed by atoms with Gasteiger partial charge in [0.2, 0.25) is 11.6 Å². The molecular formula is C19H19N3O3S. The minimum Gasteiger partial charge on any atom is -0.538 e. The van der Waals surface area contributed by atoms with Gasteiger partial charge in [-0.15, -0.1) is 0 Å². The predicted octanol–water partition coefficient (Wildman–Crippen LogP) is 2.68. The fourth-order valence-electron chi connectivity index (χ4n) is 2.42. The van der Waals surface area contributed by atoms with E-state index in [0.29, 0.717) is 5.69 Å². The molecule has 26 heavy (non-hydrogen) atoms. The van der Waals surface area contributed by atoms with E-state index in [-0.39, 0.29) is 16.7 Å². The van der Waals surface area contributed by atoms with Gasteiger partial charge in [-0.05, 0) is 54.4 Å². The molecule has 0 atom stereocenters. The van der Waals surface area contributed by atoms with Gasteiger partial charge in [0.15, 0.2) is 5.95 Å². The van der Waals surface area contributed by atoms with E-state index in [9.17, 15) is 9.90 Å². The van der Waals surface area contributed by atoms with Crippen LogP contribution in [-0.2, 0) is 4.79 Å². The average molecular weight is 369 g/mol. The maximum absolute atomic E-state index is 12.3. The molecule has 1 N–H and O–H groups in total. The van der Waals surface area contributed by atoms with Gasteiger partial charge in [0, 0.05) is 17.8 Å². The van der Waals surface area contributed by atoms with Crippen molar-refractivity contribution in [2.75, 3.05) is 11.1 Å². The summed E-state index contributed by atoms with van der Waals surface area (Å²) in [7, 11) is 0. The smallest absolute Gasteiger partial charge is 0.298 e. The molecule has 0 fully saturated rings. The Morgan fingerprint density at radius 3 is 2.65 bits per heavy atom. The lowest BCUT2D eigenvalue weighted by Gasteiger charge is -2.09. The molecule has 0 aliphatic heterocycles. The third-order valence-corrected chi connectivity index (χ3v) is 5.09. The van der Waals surface area contributed by atoms with E-state index in [0.717, 1.165) is 34.1 Å². The number of hydrogen-bond donors (Lipinski definition) is 1. The highest BCUT2D eigenvalue weighted by atomic mass is 32.2. The zero-order chi connectivity index (χ0) is 18.7. The lowest BCUT2D eigenvalue weighted by Crippen LogP contribution is -2.35. The summed E-state index contributed by atoms with van der Waals surface area (Å²) in [5.74, 6) is -0.676. The van der Waals surface area contributed by atoms with Crippen LogP contribution in [0.3, 0.4) is 0 Å². The summed E-state index contributed by atoms with van der Waals surface area (Å²) in [5.41, 5.74) is 4.71. The number of rotatable bonds is 5. The van der Waals surface area contributed by atoms with E-state index in [4.69, 9.17) is 4.52 Å². The van der Waals surface area contributed by atoms with Crippen molar-refractivity contribution in [3.63, 3.8) is 0 Å². The highest BCUT2D eigenvalue weighted by Crippen LogP contribution is 2.24. The molecule has 0 saturated carbocycles. The van der Waals surface area contributed by atoms with Gasteiger partial charge in [-0.25, -0.2) is 0 Å². The second-order valence-corrected chi connectivity index (χ2v) is 6.96. The zero-order valence-corrected chi connectivity index (χ0v) is 15.6. The van der Waals surface area contributed by atoms with Gasteiger partial charge in [0.25, 0.3) is 5.03 Å². The van der Waals surface area contributed by atoms with Gasteiger partial charge < -0.3 is 14.9 Å². The van der Waals surface area contributed by atoms with Crippen LogP contribution in [-0.4, -0.2) is 16.9 Å². The molecule has 0 aliphatic carbocycles. The zero-order valence-electron chi connectivity index (χ0n) is 14.8. The first-order valence-electron chi connectivity index (χ1n) is 8.10. The molecular weight excluding hydrogens is 350 g/mol. The molecule has 0 unspecified atom stereocenters. The lowest BCUT2D eigenvalue weighted by molar-refractivity contribution is -0.705. The van der Waals surface area contributed by atoms with E-state index in [1.54, 1.807) is 0 Å². The molecule has 0 bridgehead atoms. The number of nitrogens with one attached hydrogen (secondary N) is 1. The third kappa shape index (κ3) is 3.88. The van der Waals surface area contributed by atoms with Crippen LogP contribution in [0.4, 0.5) is 5.69 Å². The number of carbonyl (C=O) groups excluding carboxylic acids is 1. The maximum Gasteiger partial charge on any atom is 0.298 e. The number of aryl methyl sites for hydroxylation is 2. The SMILES string of the molecule is Cc1ccc(-[n+]2noc([O-])c2SCC(=O)Nc2cccc(C)c2C)cc1. The number of anilines is 1. The summed E-state index contributed by atoms with van der Waals surface area (Å²) < 4.78 is 6.18. The van der Waals surface area contributed by atoms with Crippen LogP contribution in [0.25, 0.3) is 5.69 Å². The Balaban J connectivity index is 1.72. The van der Waals surface area contributed by atoms with E-state index in [1.165, 1.54) is 4.68 Å². The molecule has 7 heteroatoms. The molecule has 134 valence electrons. The van der Waals surface area contributed by atoms with Crippen LogP contribution in [0.15, 0.2) is 52.0 Å². The highest BCUT2D eigenvalue weighted by molar-refractivity contribution is 7.99. The van der Waals surface area contributed by atoms with E-state index < -0.39 is 5.95 Å². The number of nitrogens with zero attached hydrogens (tertiary/aromatic N) is 2. The summed E-state index contributed by atoms with van der Waals surface area (Å²) in [4.78, 5) is 12.3. The van der Waals surface area contributed by atoms with Crippen molar-refractivity contribution in [3.05, 3.63) is 59.2 Å². The summed E-state index contributed by atoms with van der Waals surface area (Å²) in [5, 5.41) is 18.9. The van der Waals surface area contributed by atoms with Crippen LogP contribution in [0, 0.1) is 20.8 Å². The minimum absolute atomic E-state index is 0.0791. The monoisotopic (exact) mass is 369 g/mol. The number of hydrogen-bond acceptors (Lipinski definition) is 5. The fourth-order valence-corrected chi connectivity index (χ4v) is 3.17. The fraction of sp³-hybridized carbons (Fsp3) is 0.211. The quantitative estimate of drug-likeness (QED) is 0.552. The normalized spacial score (nSPS) is 10.7. The van der Waals surface area contributed by atoms with E-state index in [2.05, 4.69) is 10.6 Å². The van der Waals surface area contributed by atoms with Crippen LogP contribution in [0.1, 0.15) is 16.7 Å². The Morgan fingerprint density at radius 2 is 1.92 bits per heavy atom. The molecule has 3 aromatic rings. The first-order valence-corrected chi connectivity index (χ1v) is 9.09. The second kappa shape index (κ2) is 7.61. The Morgan fingerprint density at radius 1 is 1.19 bits per heavy atom. The molecule has 0 radical (unpaired) electrons. The Labute approximate surface area is 155 Å². The van der Waals surface area contributed by atoms with Crippen molar-refractivity contribution in [2.45, 2.75) is 25.8 Å². The summed E-state index contributed by atoms with van der Waals surface area (Å²) >= 11 is 1.10. The van der Waals surface area contributed by atoms with Gasteiger partial charge in [-0.2, -0.15) is 0 Å². The van der Waals surface area contributed by atoms with Crippen molar-refractivity contribution in [2.24, 2.45) is 0 Å². The lowest BCUT2D eigenvalue weighted by atomic mass is 10.1. The van der Waals surface area contributed by atoms with Gasteiger partial charge in [-0.3, -0.25) is 4.79 Å². The van der Waals surface area contributed by atoms with Crippen LogP contribution >= 0.6 is 11.8 Å². The number of benzene rings is 2. The average Bonchev–Trinajstić information content (AvgIpc) is 2.98. The van der Waals surface area contributed by atoms with Crippen LogP contribution < -0.4 is 15.1 Å². The summed E-state index contributed by atoms with van der Waals surface area (Å²) in [6, 6.07) is 13.3. The molecule has 0 spiro atoms. The van der Waals surface area contributed by atoms with Gasteiger partial charge in [0.05, 0.1) is 11.0 Å². The molecule has 2 aromatic carbocycles. The number of amides is 1. The topological polar surface area (TPSA) is 82.1 Å². The van der Waals surface area contributed by atoms with Crippen LogP contribution in [0.2, 0.25) is 0 Å². The largest absolute Gasteiger partial charge is 0.538 e. The summed E-state index contributed by atoms with van der Waals surface area (Å²) in [6.45, 7) is 5.92. The summed E-state index contributed by atoms with van der Waals surface area (Å²) in [6.07, 6.45) is 0. The molecule has 1 heterocycles. The van der Waals surface area contributed by atoms with Gasteiger partial charge in [-0.1, -0.05) is 29.8 Å². The van der Waals surface area contributed by atoms with Crippen LogP contribution in [0.5, 0.6) is 5.95 Å². The Kier molecular flexibility index (Phi) is 5.27. The van der Waals surface area contributed by atoms with Crippen molar-refractivity contribution in [3.8, 4) is 11.6 Å². The number of aromatic nitrogens is 2. The van der Waals surface area contributed by atoms with Crippen molar-refractivity contribution < 1.29 is 19.1 Å². The predicted molar refractivity (Wildman–Crippen MR) is 97.5 cm³/mol. The van der Waals surface area contributed by atoms with Gasteiger partial charge >= 0.3 is 0 Å². The van der Waals surface area contributed by atoms with Gasteiger partial charge in [0.1, 0.15) is 0 Å². The number of thioether (sulfide) groups is 1. The Hall–Kier alpha value is -2.80. The van der Waals surface area contributed by atoms with E-state index >= 15 is 0 Å². The van der Waals surface area contributed by atoms with E-state index in [1.807, 2.05) is 63.2 Å². The van der Waals surface area contributed by atoms with Crippen molar-refractivity contribution in [1.29, 1.82) is 0 Å². The first-order chi connectivity index (χ1) is 12.5. The third-order valence-electron chi connectivity index (χ3n) is 4.07. The molecule has 0 aliphatic rings. The Bertz CT molecular complexity index is 936. The molecule has 3 rings (SSSR count). The number of carbonyl (C=O) groups is 1. The molecule has 6 nitrogen and oxygen atoms in total. The molecule has 1 aromatic heterocycles. The standard InChI is InChI=1S/C19H19N3O3S/c1-12-7-9-15(10-8-12)22-18(19(24)25-21-22)26-11-17(23)20-16-6-4-5-13(2)14(16)3/h4-10H,11H2,1-3H3,(H-,20,21,23,24). The highest BCUT2D eigenvalue weighted by Gasteiger charge is 2.22. The molecule has 1 amide bonds. The molecule has 0 saturated heterocycles. The second-order valence-electron chi connectivity index (χ2n) is 6.00. The van der Waals surface area contributed by atoms with Crippen molar-refractivity contribution >= 4 is 23.4 Å². The maximum atomic E-state index is 12.3.